The Morgan fingerprint density at radius 3 is 2.79 bits per heavy atom. The predicted octanol–water partition coefficient (Wildman–Crippen LogP) is 2.36. The van der Waals surface area contributed by atoms with Crippen LogP contribution < -0.4 is 5.73 Å². The minimum atomic E-state index is -0.218. The lowest BCUT2D eigenvalue weighted by molar-refractivity contribution is 0.0780. The fourth-order valence-corrected chi connectivity index (χ4v) is 2.98. The van der Waals surface area contributed by atoms with Crippen LogP contribution in [0.15, 0.2) is 47.1 Å². The van der Waals surface area contributed by atoms with E-state index in [9.17, 15) is 4.79 Å². The molecule has 0 aliphatic rings. The highest BCUT2D eigenvalue weighted by Gasteiger charge is 2.18. The highest BCUT2D eigenvalue weighted by molar-refractivity contribution is 5.96. The molecule has 1 amide bonds. The van der Waals surface area contributed by atoms with Crippen LogP contribution >= 0.6 is 0 Å². The summed E-state index contributed by atoms with van der Waals surface area (Å²) < 4.78 is 7.07. The number of benzene rings is 1. The molecule has 0 aliphatic carbocycles. The Bertz CT molecular complexity index is 1130. The number of anilines is 1. The lowest BCUT2D eigenvalue weighted by Gasteiger charge is -2.14. The molecule has 9 nitrogen and oxygen atoms in total. The van der Waals surface area contributed by atoms with Crippen molar-refractivity contribution >= 4 is 23.0 Å². The Morgan fingerprint density at radius 2 is 2.04 bits per heavy atom. The van der Waals surface area contributed by atoms with Gasteiger partial charge in [-0.2, -0.15) is 4.98 Å². The van der Waals surface area contributed by atoms with Gasteiger partial charge < -0.3 is 15.2 Å². The molecule has 142 valence electrons. The lowest BCUT2D eigenvalue weighted by Crippen LogP contribution is -2.26. The fourth-order valence-electron chi connectivity index (χ4n) is 2.98. The minimum Gasteiger partial charge on any atom is -0.369 e. The average Bonchev–Trinajstić information content (AvgIpc) is 3.30. The normalized spacial score (nSPS) is 11.1. The van der Waals surface area contributed by atoms with E-state index in [0.717, 1.165) is 5.56 Å². The number of pyridine rings is 1. The number of hydrogen-bond acceptors (Lipinski definition) is 7. The highest BCUT2D eigenvalue weighted by atomic mass is 16.5. The summed E-state index contributed by atoms with van der Waals surface area (Å²) in [6.07, 6.45) is 1.53. The summed E-state index contributed by atoms with van der Waals surface area (Å²) in [5, 5.41) is 3.96. The molecule has 0 saturated carbocycles. The fraction of sp³-hybridized carbons (Fsp3) is 0.211. The van der Waals surface area contributed by atoms with Crippen molar-refractivity contribution in [2.45, 2.75) is 20.0 Å². The third kappa shape index (κ3) is 3.18. The van der Waals surface area contributed by atoms with E-state index in [4.69, 9.17) is 10.3 Å². The molecule has 0 radical (unpaired) electrons. The standard InChI is InChI=1S/C19H19N7O2/c1-3-26-16-14(22-19(26)20)9-13(10-21-16)18(27)25(2)11-15-23-17(28-24-15)12-7-5-4-6-8-12/h4-10H,3,11H2,1-2H3,(H2,20,22). The van der Waals surface area contributed by atoms with Crippen molar-refractivity contribution in [1.82, 2.24) is 29.6 Å². The maximum Gasteiger partial charge on any atom is 0.257 e. The van der Waals surface area contributed by atoms with Crippen molar-refractivity contribution in [3.8, 4) is 11.5 Å². The number of carbonyl (C=O) groups is 1. The molecule has 0 fully saturated rings. The van der Waals surface area contributed by atoms with Gasteiger partial charge in [-0.25, -0.2) is 9.97 Å². The number of rotatable bonds is 5. The van der Waals surface area contributed by atoms with Crippen molar-refractivity contribution in [3.05, 3.63) is 54.0 Å². The first kappa shape index (κ1) is 17.7. The molecular formula is C19H19N7O2. The van der Waals surface area contributed by atoms with Crippen LogP contribution in [0.1, 0.15) is 23.1 Å². The lowest BCUT2D eigenvalue weighted by atomic mass is 10.2. The third-order valence-electron chi connectivity index (χ3n) is 4.39. The van der Waals surface area contributed by atoms with Gasteiger partial charge in [0, 0.05) is 25.4 Å². The van der Waals surface area contributed by atoms with Crippen molar-refractivity contribution in [1.29, 1.82) is 0 Å². The molecule has 28 heavy (non-hydrogen) atoms. The number of amides is 1. The van der Waals surface area contributed by atoms with Crippen molar-refractivity contribution in [2.75, 3.05) is 12.8 Å². The smallest absolute Gasteiger partial charge is 0.257 e. The summed E-state index contributed by atoms with van der Waals surface area (Å²) in [4.78, 5) is 27.2. The first-order valence-electron chi connectivity index (χ1n) is 8.82. The first-order valence-corrected chi connectivity index (χ1v) is 8.82. The number of imidazole rings is 1. The summed E-state index contributed by atoms with van der Waals surface area (Å²) in [6, 6.07) is 11.2. The van der Waals surface area contributed by atoms with Gasteiger partial charge in [0.05, 0.1) is 12.1 Å². The van der Waals surface area contributed by atoms with Crippen LogP contribution in [0.25, 0.3) is 22.6 Å². The summed E-state index contributed by atoms with van der Waals surface area (Å²) in [5.41, 5.74) is 8.38. The molecular weight excluding hydrogens is 358 g/mol. The van der Waals surface area contributed by atoms with Crippen LogP contribution in [0.4, 0.5) is 5.95 Å². The van der Waals surface area contributed by atoms with Crippen molar-refractivity contribution < 1.29 is 9.32 Å². The summed E-state index contributed by atoms with van der Waals surface area (Å²) >= 11 is 0. The van der Waals surface area contributed by atoms with Gasteiger partial charge in [0.2, 0.25) is 5.95 Å². The second-order valence-corrected chi connectivity index (χ2v) is 6.32. The topological polar surface area (TPSA) is 116 Å². The van der Waals surface area contributed by atoms with Gasteiger partial charge in [-0.05, 0) is 25.1 Å². The number of nitrogens with zero attached hydrogens (tertiary/aromatic N) is 6. The van der Waals surface area contributed by atoms with Crippen LogP contribution in [0.2, 0.25) is 0 Å². The number of aryl methyl sites for hydroxylation is 1. The SMILES string of the molecule is CCn1c(N)nc2cc(C(=O)N(C)Cc3noc(-c4ccccc4)n3)cnc21. The molecule has 3 heterocycles. The number of nitrogens with two attached hydrogens (primary N) is 1. The zero-order chi connectivity index (χ0) is 19.7. The van der Waals surface area contributed by atoms with Gasteiger partial charge in [-0.1, -0.05) is 23.4 Å². The molecule has 0 atom stereocenters. The predicted molar refractivity (Wildman–Crippen MR) is 103 cm³/mol. The Labute approximate surface area is 160 Å². The van der Waals surface area contributed by atoms with Gasteiger partial charge in [0.25, 0.3) is 11.8 Å². The third-order valence-corrected chi connectivity index (χ3v) is 4.39. The molecule has 4 rings (SSSR count). The van der Waals surface area contributed by atoms with E-state index in [1.807, 2.05) is 37.3 Å². The van der Waals surface area contributed by atoms with Crippen molar-refractivity contribution in [3.63, 3.8) is 0 Å². The Balaban J connectivity index is 1.52. The van der Waals surface area contributed by atoms with Crippen LogP contribution in [0, 0.1) is 0 Å². The Hall–Kier alpha value is -3.75. The Morgan fingerprint density at radius 1 is 1.25 bits per heavy atom. The monoisotopic (exact) mass is 377 g/mol. The maximum atomic E-state index is 12.8. The highest BCUT2D eigenvalue weighted by Crippen LogP contribution is 2.19. The van der Waals surface area contributed by atoms with E-state index in [2.05, 4.69) is 20.1 Å². The summed E-state index contributed by atoms with van der Waals surface area (Å²) in [6.45, 7) is 2.82. The van der Waals surface area contributed by atoms with E-state index in [0.29, 0.717) is 40.9 Å². The Kier molecular flexibility index (Phi) is 4.48. The quantitative estimate of drug-likeness (QED) is 0.567. The van der Waals surface area contributed by atoms with Gasteiger partial charge >= 0.3 is 0 Å². The first-order chi connectivity index (χ1) is 13.6. The zero-order valence-electron chi connectivity index (χ0n) is 15.5. The molecule has 2 N–H and O–H groups in total. The number of hydrogen-bond donors (Lipinski definition) is 1. The number of nitrogen functional groups attached to an aromatic ring is 1. The zero-order valence-corrected chi connectivity index (χ0v) is 15.5. The molecule has 0 saturated heterocycles. The van der Waals surface area contributed by atoms with E-state index < -0.39 is 0 Å². The van der Waals surface area contributed by atoms with Gasteiger partial charge in [0.15, 0.2) is 11.5 Å². The molecule has 9 heteroatoms. The second kappa shape index (κ2) is 7.10. The molecule has 0 spiro atoms. The van der Waals surface area contributed by atoms with E-state index in [1.54, 1.807) is 17.7 Å². The van der Waals surface area contributed by atoms with E-state index >= 15 is 0 Å². The number of fused-ring (bicyclic) bond motifs is 1. The van der Waals surface area contributed by atoms with Crippen LogP contribution in [0.3, 0.4) is 0 Å². The van der Waals surface area contributed by atoms with Gasteiger partial charge in [-0.3, -0.25) is 9.36 Å². The van der Waals surface area contributed by atoms with E-state index in [-0.39, 0.29) is 12.5 Å². The van der Waals surface area contributed by atoms with Crippen molar-refractivity contribution in [2.24, 2.45) is 0 Å². The van der Waals surface area contributed by atoms with E-state index in [1.165, 1.54) is 11.1 Å². The molecule has 4 aromatic rings. The van der Waals surface area contributed by atoms with Crippen LogP contribution in [-0.2, 0) is 13.1 Å². The molecule has 0 aliphatic heterocycles. The maximum absolute atomic E-state index is 12.8. The summed E-state index contributed by atoms with van der Waals surface area (Å²) in [7, 11) is 1.67. The number of carbonyl (C=O) groups excluding carboxylic acids is 1. The summed E-state index contributed by atoms with van der Waals surface area (Å²) in [5.74, 6) is 0.997. The number of aromatic nitrogens is 5. The molecule has 3 aromatic heterocycles. The average molecular weight is 377 g/mol. The van der Waals surface area contributed by atoms with Gasteiger partial charge in [-0.15, -0.1) is 0 Å². The van der Waals surface area contributed by atoms with Crippen LogP contribution in [-0.4, -0.2) is 42.5 Å². The molecule has 0 bridgehead atoms. The minimum absolute atomic E-state index is 0.207. The molecule has 0 unspecified atom stereocenters. The van der Waals surface area contributed by atoms with Crippen LogP contribution in [0.5, 0.6) is 0 Å². The largest absolute Gasteiger partial charge is 0.369 e. The van der Waals surface area contributed by atoms with Gasteiger partial charge in [0.1, 0.15) is 5.52 Å². The second-order valence-electron chi connectivity index (χ2n) is 6.32. The molecule has 1 aromatic carbocycles.